The van der Waals surface area contributed by atoms with Gasteiger partial charge >= 0.3 is 0 Å². The zero-order valence-corrected chi connectivity index (χ0v) is 17.3. The lowest BCUT2D eigenvalue weighted by Crippen LogP contribution is -1.95. The predicted octanol–water partition coefficient (Wildman–Crippen LogP) is 7.18. The normalized spacial score (nSPS) is 11.1. The second kappa shape index (κ2) is 7.71. The van der Waals surface area contributed by atoms with Crippen LogP contribution < -0.4 is 0 Å². The first-order valence-electron chi connectivity index (χ1n) is 10.6. The average molecular weight is 409 g/mol. The van der Waals surface area contributed by atoms with Gasteiger partial charge in [0.15, 0.2) is 5.82 Å². The quantitative estimate of drug-likeness (QED) is 0.311. The maximum atomic E-state index is 4.99. The summed E-state index contributed by atoms with van der Waals surface area (Å²) in [7, 11) is 0. The van der Waals surface area contributed by atoms with Crippen molar-refractivity contribution >= 4 is 21.7 Å². The van der Waals surface area contributed by atoms with Gasteiger partial charge in [0.1, 0.15) is 0 Å². The van der Waals surface area contributed by atoms with Crippen molar-refractivity contribution in [2.75, 3.05) is 0 Å². The Balaban J connectivity index is 1.51. The highest BCUT2D eigenvalue weighted by atomic mass is 14.9. The molecule has 0 aliphatic carbocycles. The molecule has 0 unspecified atom stereocenters. The first-order chi connectivity index (χ1) is 15.8. The van der Waals surface area contributed by atoms with Gasteiger partial charge in [-0.05, 0) is 23.6 Å². The zero-order chi connectivity index (χ0) is 21.3. The second-order valence-electron chi connectivity index (χ2n) is 7.78. The summed E-state index contributed by atoms with van der Waals surface area (Å²) < 4.78 is 0. The number of rotatable bonds is 3. The van der Waals surface area contributed by atoms with E-state index in [1.54, 1.807) is 0 Å². The van der Waals surface area contributed by atoms with Gasteiger partial charge in [-0.2, -0.15) is 0 Å². The Bertz CT molecular complexity index is 1570. The monoisotopic (exact) mass is 409 g/mol. The first-order valence-corrected chi connectivity index (χ1v) is 10.6. The molecule has 0 spiro atoms. The van der Waals surface area contributed by atoms with E-state index in [4.69, 9.17) is 9.97 Å². The van der Waals surface area contributed by atoms with E-state index in [1.165, 1.54) is 5.39 Å². The van der Waals surface area contributed by atoms with E-state index in [1.807, 2.05) is 54.7 Å². The van der Waals surface area contributed by atoms with Gasteiger partial charge in [0.2, 0.25) is 0 Å². The van der Waals surface area contributed by atoms with Gasteiger partial charge in [-0.15, -0.1) is 0 Å². The maximum absolute atomic E-state index is 4.99. The Labute approximate surface area is 186 Å². The Kier molecular flexibility index (Phi) is 4.43. The Morgan fingerprint density at radius 1 is 0.500 bits per heavy atom. The summed E-state index contributed by atoms with van der Waals surface area (Å²) in [5.41, 5.74) is 5.92. The number of fused-ring (bicyclic) bond motifs is 2. The molecule has 0 aliphatic rings. The fourth-order valence-electron chi connectivity index (χ4n) is 4.08. The molecule has 0 N–H and O–H groups in total. The maximum Gasteiger partial charge on any atom is 0.160 e. The molecule has 0 atom stereocenters. The van der Waals surface area contributed by atoms with Crippen molar-refractivity contribution in [3.8, 4) is 33.9 Å². The molecule has 0 bridgehead atoms. The average Bonchev–Trinajstić information content (AvgIpc) is 2.88. The summed E-state index contributed by atoms with van der Waals surface area (Å²) in [4.78, 5) is 14.6. The summed E-state index contributed by atoms with van der Waals surface area (Å²) in [6.07, 6.45) is 1.93. The van der Waals surface area contributed by atoms with E-state index in [0.29, 0.717) is 5.82 Å². The molecular formula is C29H19N3. The van der Waals surface area contributed by atoms with Crippen molar-refractivity contribution in [1.29, 1.82) is 0 Å². The molecule has 2 heterocycles. The third-order valence-corrected chi connectivity index (χ3v) is 5.70. The lowest BCUT2D eigenvalue weighted by atomic mass is 10.0. The van der Waals surface area contributed by atoms with Gasteiger partial charge < -0.3 is 0 Å². The fourth-order valence-corrected chi connectivity index (χ4v) is 4.08. The lowest BCUT2D eigenvalue weighted by molar-refractivity contribution is 1.23. The minimum atomic E-state index is 0.713. The van der Waals surface area contributed by atoms with Crippen molar-refractivity contribution in [2.24, 2.45) is 0 Å². The van der Waals surface area contributed by atoms with Crippen molar-refractivity contribution < 1.29 is 0 Å². The van der Waals surface area contributed by atoms with Crippen molar-refractivity contribution in [2.45, 2.75) is 0 Å². The minimum Gasteiger partial charge on any atom is -0.256 e. The molecule has 0 radical (unpaired) electrons. The van der Waals surface area contributed by atoms with E-state index in [0.717, 1.165) is 44.4 Å². The number of aromatic nitrogens is 3. The third-order valence-electron chi connectivity index (χ3n) is 5.70. The molecule has 3 heteroatoms. The number of benzene rings is 4. The molecule has 0 saturated carbocycles. The van der Waals surface area contributed by atoms with E-state index in [-0.39, 0.29) is 0 Å². The van der Waals surface area contributed by atoms with Gasteiger partial charge in [0, 0.05) is 33.7 Å². The highest BCUT2D eigenvalue weighted by Crippen LogP contribution is 2.30. The molecule has 6 rings (SSSR count). The van der Waals surface area contributed by atoms with Crippen LogP contribution in [0.2, 0.25) is 0 Å². The number of para-hydroxylation sites is 1. The van der Waals surface area contributed by atoms with Crippen LogP contribution in [-0.4, -0.2) is 15.0 Å². The van der Waals surface area contributed by atoms with Crippen molar-refractivity contribution in [3.63, 3.8) is 0 Å². The molecule has 2 aromatic heterocycles. The van der Waals surface area contributed by atoms with E-state index in [9.17, 15) is 0 Å². The first kappa shape index (κ1) is 18.4. The van der Waals surface area contributed by atoms with E-state index < -0.39 is 0 Å². The molecule has 32 heavy (non-hydrogen) atoms. The topological polar surface area (TPSA) is 38.7 Å². The van der Waals surface area contributed by atoms with Gasteiger partial charge in [0.05, 0.1) is 16.9 Å². The Morgan fingerprint density at radius 2 is 1.22 bits per heavy atom. The summed E-state index contributed by atoms with van der Waals surface area (Å²) in [6, 6.07) is 37.2. The lowest BCUT2D eigenvalue weighted by Gasteiger charge is -2.10. The number of hydrogen-bond acceptors (Lipinski definition) is 3. The van der Waals surface area contributed by atoms with Crippen LogP contribution in [0.15, 0.2) is 115 Å². The Morgan fingerprint density at radius 3 is 2.12 bits per heavy atom. The van der Waals surface area contributed by atoms with Crippen LogP contribution in [-0.2, 0) is 0 Å². The van der Waals surface area contributed by atoms with Crippen LogP contribution in [0.25, 0.3) is 55.6 Å². The highest BCUT2D eigenvalue weighted by molar-refractivity contribution is 5.93. The molecule has 0 saturated heterocycles. The molecule has 3 nitrogen and oxygen atoms in total. The van der Waals surface area contributed by atoms with Crippen molar-refractivity contribution in [1.82, 2.24) is 15.0 Å². The standard InChI is InChI=1S/C29H19N3/c1-2-9-20(10-3-1)28-25-15-6-7-16-26(25)31-29(32-28)23-14-8-13-22(17-23)27-18-21-11-4-5-12-24(21)19-30-27/h1-19H. The summed E-state index contributed by atoms with van der Waals surface area (Å²) in [5, 5.41) is 3.36. The minimum absolute atomic E-state index is 0.713. The van der Waals surface area contributed by atoms with E-state index >= 15 is 0 Å². The van der Waals surface area contributed by atoms with Gasteiger partial charge in [-0.25, -0.2) is 9.97 Å². The number of nitrogens with zero attached hydrogens (tertiary/aromatic N) is 3. The molecule has 6 aromatic rings. The third kappa shape index (κ3) is 3.30. The highest BCUT2D eigenvalue weighted by Gasteiger charge is 2.12. The van der Waals surface area contributed by atoms with Gasteiger partial charge in [-0.1, -0.05) is 91.0 Å². The molecule has 0 fully saturated rings. The SMILES string of the molecule is c1ccc(-c2nc(-c3cccc(-c4cc5ccccc5cn4)c3)nc3ccccc23)cc1. The summed E-state index contributed by atoms with van der Waals surface area (Å²) in [5.74, 6) is 0.713. The van der Waals surface area contributed by atoms with Crippen LogP contribution in [0.5, 0.6) is 0 Å². The van der Waals surface area contributed by atoms with Gasteiger partial charge in [0.25, 0.3) is 0 Å². The summed E-state index contributed by atoms with van der Waals surface area (Å²) >= 11 is 0. The van der Waals surface area contributed by atoms with Crippen LogP contribution in [0.3, 0.4) is 0 Å². The number of pyridine rings is 1. The molecular weight excluding hydrogens is 390 g/mol. The molecule has 150 valence electrons. The van der Waals surface area contributed by atoms with Crippen LogP contribution in [0.4, 0.5) is 0 Å². The predicted molar refractivity (Wildman–Crippen MR) is 131 cm³/mol. The van der Waals surface area contributed by atoms with Crippen molar-refractivity contribution in [3.05, 3.63) is 115 Å². The summed E-state index contributed by atoms with van der Waals surface area (Å²) in [6.45, 7) is 0. The second-order valence-corrected chi connectivity index (χ2v) is 7.78. The molecule has 0 amide bonds. The van der Waals surface area contributed by atoms with Crippen LogP contribution in [0, 0.1) is 0 Å². The fraction of sp³-hybridized carbons (Fsp3) is 0. The molecule has 0 aliphatic heterocycles. The largest absolute Gasteiger partial charge is 0.256 e. The Hall–Kier alpha value is -4.37. The van der Waals surface area contributed by atoms with Crippen LogP contribution in [0.1, 0.15) is 0 Å². The zero-order valence-electron chi connectivity index (χ0n) is 17.3. The van der Waals surface area contributed by atoms with Gasteiger partial charge in [-0.3, -0.25) is 4.98 Å². The molecule has 4 aromatic carbocycles. The van der Waals surface area contributed by atoms with E-state index in [2.05, 4.69) is 65.6 Å². The smallest absolute Gasteiger partial charge is 0.160 e. The van der Waals surface area contributed by atoms with Crippen LogP contribution >= 0.6 is 0 Å². The number of hydrogen-bond donors (Lipinski definition) is 0.